The lowest BCUT2D eigenvalue weighted by molar-refractivity contribution is 0.104. The van der Waals surface area contributed by atoms with Gasteiger partial charge in [0.15, 0.2) is 5.78 Å². The van der Waals surface area contributed by atoms with Gasteiger partial charge in [-0.25, -0.2) is 0 Å². The van der Waals surface area contributed by atoms with E-state index in [0.29, 0.717) is 11.1 Å². The molecular weight excluding hydrogens is 238 g/mol. The monoisotopic (exact) mass is 249 g/mol. The lowest BCUT2D eigenvalue weighted by atomic mass is 10.1. The van der Waals surface area contributed by atoms with Crippen LogP contribution in [0.5, 0.6) is 5.75 Å². The maximum absolute atomic E-state index is 11.9. The van der Waals surface area contributed by atoms with E-state index >= 15 is 0 Å². The smallest absolute Gasteiger partial charge is 0.185 e. The minimum atomic E-state index is -0.180. The quantitative estimate of drug-likeness (QED) is 0.671. The molecule has 2 aromatic rings. The van der Waals surface area contributed by atoms with E-state index in [0.717, 1.165) is 5.56 Å². The molecule has 2 aromatic carbocycles. The third kappa shape index (κ3) is 3.30. The third-order valence-electron chi connectivity index (χ3n) is 2.57. The molecule has 19 heavy (non-hydrogen) atoms. The number of phenolic OH excluding ortho intramolecular Hbond substituents is 1. The number of benzene rings is 2. The number of hydrogen-bond donors (Lipinski definition) is 1. The summed E-state index contributed by atoms with van der Waals surface area (Å²) < 4.78 is 0. The van der Waals surface area contributed by atoms with Crippen molar-refractivity contribution in [2.75, 3.05) is 0 Å². The highest BCUT2D eigenvalue weighted by molar-refractivity contribution is 6.07. The number of nitrogens with zero attached hydrogens (tertiary/aromatic N) is 1. The summed E-state index contributed by atoms with van der Waals surface area (Å²) >= 11 is 0. The van der Waals surface area contributed by atoms with E-state index in [9.17, 15) is 9.90 Å². The fourth-order valence-corrected chi connectivity index (χ4v) is 1.64. The van der Waals surface area contributed by atoms with Crippen molar-refractivity contribution >= 4 is 11.9 Å². The minimum Gasteiger partial charge on any atom is -0.508 e. The van der Waals surface area contributed by atoms with Crippen molar-refractivity contribution in [1.29, 1.82) is 5.26 Å². The Labute approximate surface area is 111 Å². The average molecular weight is 249 g/mol. The molecule has 0 amide bonds. The number of ketones is 1. The zero-order valence-corrected chi connectivity index (χ0v) is 10.1. The fraction of sp³-hybridized carbons (Fsp3) is 0. The lowest BCUT2D eigenvalue weighted by Gasteiger charge is -1.97. The number of rotatable bonds is 3. The second-order valence-corrected chi connectivity index (χ2v) is 3.99. The van der Waals surface area contributed by atoms with E-state index in [1.54, 1.807) is 54.6 Å². The van der Waals surface area contributed by atoms with Gasteiger partial charge in [-0.05, 0) is 35.9 Å². The molecule has 0 bridgehead atoms. The molecule has 3 nitrogen and oxygen atoms in total. The van der Waals surface area contributed by atoms with Gasteiger partial charge in [-0.15, -0.1) is 0 Å². The van der Waals surface area contributed by atoms with E-state index in [2.05, 4.69) is 0 Å². The van der Waals surface area contributed by atoms with Crippen molar-refractivity contribution in [3.8, 4) is 11.8 Å². The van der Waals surface area contributed by atoms with Crippen molar-refractivity contribution < 1.29 is 9.90 Å². The second-order valence-electron chi connectivity index (χ2n) is 3.99. The molecule has 0 heterocycles. The molecule has 2 rings (SSSR count). The Balaban J connectivity index is 2.19. The maximum atomic E-state index is 11.9. The largest absolute Gasteiger partial charge is 0.508 e. The number of aromatic hydroxyl groups is 1. The number of nitriles is 1. The van der Waals surface area contributed by atoms with Crippen LogP contribution in [0.25, 0.3) is 6.08 Å². The van der Waals surface area contributed by atoms with E-state index in [-0.39, 0.29) is 11.5 Å². The fourth-order valence-electron chi connectivity index (χ4n) is 1.64. The molecule has 3 heteroatoms. The number of allylic oxidation sites excluding steroid dienone is 1. The Morgan fingerprint density at radius 3 is 2.68 bits per heavy atom. The molecule has 0 saturated heterocycles. The van der Waals surface area contributed by atoms with Gasteiger partial charge >= 0.3 is 0 Å². The van der Waals surface area contributed by atoms with Crippen LogP contribution in [0.3, 0.4) is 0 Å². The van der Waals surface area contributed by atoms with Gasteiger partial charge < -0.3 is 5.11 Å². The topological polar surface area (TPSA) is 61.1 Å². The average Bonchev–Trinajstić information content (AvgIpc) is 2.45. The zero-order chi connectivity index (χ0) is 13.7. The third-order valence-corrected chi connectivity index (χ3v) is 2.57. The van der Waals surface area contributed by atoms with Crippen LogP contribution in [-0.2, 0) is 0 Å². The molecule has 0 spiro atoms. The van der Waals surface area contributed by atoms with Crippen molar-refractivity contribution in [2.45, 2.75) is 0 Å². The Bertz CT molecular complexity index is 681. The van der Waals surface area contributed by atoms with E-state index in [1.807, 2.05) is 6.07 Å². The summed E-state index contributed by atoms with van der Waals surface area (Å²) in [5.41, 5.74) is 1.66. The van der Waals surface area contributed by atoms with Gasteiger partial charge in [-0.2, -0.15) is 5.26 Å². The molecule has 0 atom stereocenters. The summed E-state index contributed by atoms with van der Waals surface area (Å²) in [5.74, 6) is -0.0264. The first kappa shape index (κ1) is 12.6. The molecule has 92 valence electrons. The van der Waals surface area contributed by atoms with Gasteiger partial charge in [-0.1, -0.05) is 30.3 Å². The highest BCUT2D eigenvalue weighted by Gasteiger charge is 2.02. The second kappa shape index (κ2) is 5.65. The molecule has 0 aliphatic heterocycles. The van der Waals surface area contributed by atoms with Gasteiger partial charge in [0.2, 0.25) is 0 Å². The number of carbonyl (C=O) groups excluding carboxylic acids is 1. The lowest BCUT2D eigenvalue weighted by Crippen LogP contribution is -1.94. The maximum Gasteiger partial charge on any atom is 0.185 e. The molecular formula is C16H11NO2. The highest BCUT2D eigenvalue weighted by atomic mass is 16.3. The molecule has 0 fully saturated rings. The molecule has 0 radical (unpaired) electrons. The SMILES string of the molecule is N#Cc1cccc(C(=O)C=Cc2cccc(O)c2)c1. The standard InChI is InChI=1S/C16H11NO2/c17-11-13-4-1-5-14(9-13)16(19)8-7-12-3-2-6-15(18)10-12/h1-10,18H. The van der Waals surface area contributed by atoms with Crippen LogP contribution < -0.4 is 0 Å². The first-order valence-corrected chi connectivity index (χ1v) is 5.70. The van der Waals surface area contributed by atoms with Gasteiger partial charge in [-0.3, -0.25) is 4.79 Å². The van der Waals surface area contributed by atoms with Crippen LogP contribution in [0.15, 0.2) is 54.6 Å². The summed E-state index contributed by atoms with van der Waals surface area (Å²) in [6.07, 6.45) is 3.05. The van der Waals surface area contributed by atoms with Crippen LogP contribution in [0.1, 0.15) is 21.5 Å². The summed E-state index contributed by atoms with van der Waals surface area (Å²) in [6.45, 7) is 0. The van der Waals surface area contributed by atoms with Crippen LogP contribution in [0.4, 0.5) is 0 Å². The normalized spacial score (nSPS) is 10.3. The Morgan fingerprint density at radius 2 is 1.95 bits per heavy atom. The minimum absolute atomic E-state index is 0.154. The number of phenols is 1. The molecule has 0 aromatic heterocycles. The van der Waals surface area contributed by atoms with Gasteiger partial charge in [0, 0.05) is 5.56 Å². The van der Waals surface area contributed by atoms with E-state index in [4.69, 9.17) is 5.26 Å². The van der Waals surface area contributed by atoms with Crippen LogP contribution in [0.2, 0.25) is 0 Å². The number of carbonyl (C=O) groups is 1. The molecule has 0 aliphatic rings. The van der Waals surface area contributed by atoms with Crippen LogP contribution in [-0.4, -0.2) is 10.9 Å². The predicted molar refractivity (Wildman–Crippen MR) is 72.6 cm³/mol. The van der Waals surface area contributed by atoms with Gasteiger partial charge in [0.25, 0.3) is 0 Å². The first-order chi connectivity index (χ1) is 9.19. The molecule has 1 N–H and O–H groups in total. The first-order valence-electron chi connectivity index (χ1n) is 5.70. The Hall–Kier alpha value is -2.86. The Morgan fingerprint density at radius 1 is 1.16 bits per heavy atom. The van der Waals surface area contributed by atoms with E-state index in [1.165, 1.54) is 6.08 Å². The van der Waals surface area contributed by atoms with Crippen LogP contribution >= 0.6 is 0 Å². The van der Waals surface area contributed by atoms with Crippen molar-refractivity contribution in [1.82, 2.24) is 0 Å². The predicted octanol–water partition coefficient (Wildman–Crippen LogP) is 3.16. The summed E-state index contributed by atoms with van der Waals surface area (Å²) in [4.78, 5) is 11.9. The van der Waals surface area contributed by atoms with Gasteiger partial charge in [0.1, 0.15) is 5.75 Å². The van der Waals surface area contributed by atoms with Crippen molar-refractivity contribution in [3.05, 3.63) is 71.3 Å². The van der Waals surface area contributed by atoms with Crippen LogP contribution in [0, 0.1) is 11.3 Å². The summed E-state index contributed by atoms with van der Waals surface area (Å²) in [6, 6.07) is 15.2. The Kier molecular flexibility index (Phi) is 3.75. The molecule has 0 aliphatic carbocycles. The van der Waals surface area contributed by atoms with Crippen molar-refractivity contribution in [3.63, 3.8) is 0 Å². The zero-order valence-electron chi connectivity index (χ0n) is 10.1. The molecule has 0 saturated carbocycles. The van der Waals surface area contributed by atoms with Crippen molar-refractivity contribution in [2.24, 2.45) is 0 Å². The summed E-state index contributed by atoms with van der Waals surface area (Å²) in [5, 5.41) is 18.1. The van der Waals surface area contributed by atoms with Gasteiger partial charge in [0.05, 0.1) is 11.6 Å². The van der Waals surface area contributed by atoms with E-state index < -0.39 is 0 Å². The number of hydrogen-bond acceptors (Lipinski definition) is 3. The molecule has 0 unspecified atom stereocenters. The highest BCUT2D eigenvalue weighted by Crippen LogP contribution is 2.13. The summed E-state index contributed by atoms with van der Waals surface area (Å²) in [7, 11) is 0.